The molecule has 1 aliphatic rings. The number of aromatic nitrogens is 1. The second kappa shape index (κ2) is 5.84. The Labute approximate surface area is 128 Å². The van der Waals surface area contributed by atoms with Gasteiger partial charge in [0.2, 0.25) is 0 Å². The first-order chi connectivity index (χ1) is 9.62. The molecule has 4 heteroatoms. The van der Waals surface area contributed by atoms with Crippen molar-refractivity contribution in [2.45, 2.75) is 53.1 Å². The smallest absolute Gasteiger partial charge is 0.137 e. The van der Waals surface area contributed by atoms with Crippen molar-refractivity contribution in [2.24, 2.45) is 5.41 Å². The van der Waals surface area contributed by atoms with Crippen molar-refractivity contribution in [1.29, 1.82) is 0 Å². The summed E-state index contributed by atoms with van der Waals surface area (Å²) in [6.07, 6.45) is 1.82. The highest BCUT2D eigenvalue weighted by Crippen LogP contribution is 2.23. The van der Waals surface area contributed by atoms with E-state index in [2.05, 4.69) is 56.7 Å². The molecule has 118 valence electrons. The van der Waals surface area contributed by atoms with Gasteiger partial charge in [0, 0.05) is 24.7 Å². The van der Waals surface area contributed by atoms with Gasteiger partial charge in [-0.05, 0) is 38.3 Å². The second-order valence-corrected chi connectivity index (χ2v) is 8.20. The van der Waals surface area contributed by atoms with Crippen molar-refractivity contribution in [1.82, 2.24) is 10.3 Å². The molecule has 0 amide bonds. The lowest BCUT2D eigenvalue weighted by Crippen LogP contribution is -2.62. The molecule has 1 fully saturated rings. The van der Waals surface area contributed by atoms with Crippen molar-refractivity contribution in [3.63, 3.8) is 0 Å². The Morgan fingerprint density at radius 3 is 2.33 bits per heavy atom. The zero-order valence-corrected chi connectivity index (χ0v) is 14.2. The fourth-order valence-electron chi connectivity index (χ4n) is 2.31. The van der Waals surface area contributed by atoms with E-state index in [1.54, 1.807) is 0 Å². The summed E-state index contributed by atoms with van der Waals surface area (Å²) < 4.78 is 5.75. The third-order valence-electron chi connectivity index (χ3n) is 3.24. The number of ether oxygens (including phenoxy) is 1. The maximum atomic E-state index is 5.75. The van der Waals surface area contributed by atoms with Crippen LogP contribution in [0.15, 0.2) is 18.3 Å². The van der Waals surface area contributed by atoms with Gasteiger partial charge in [-0.15, -0.1) is 0 Å². The number of nitrogens with zero attached hydrogens (tertiary/aromatic N) is 2. The van der Waals surface area contributed by atoms with Crippen LogP contribution in [0.4, 0.5) is 5.82 Å². The Balaban J connectivity index is 1.82. The van der Waals surface area contributed by atoms with E-state index >= 15 is 0 Å². The van der Waals surface area contributed by atoms with Crippen LogP contribution in [-0.4, -0.2) is 36.3 Å². The molecule has 0 unspecified atom stereocenters. The summed E-state index contributed by atoms with van der Waals surface area (Å²) >= 11 is 0. The normalized spacial score (nSPS) is 16.8. The predicted octanol–water partition coefficient (Wildman–Crippen LogP) is 3.08. The van der Waals surface area contributed by atoms with E-state index in [1.165, 1.54) is 0 Å². The molecule has 0 bridgehead atoms. The van der Waals surface area contributed by atoms with Crippen molar-refractivity contribution in [2.75, 3.05) is 24.6 Å². The molecule has 4 nitrogen and oxygen atoms in total. The summed E-state index contributed by atoms with van der Waals surface area (Å²) in [6, 6.07) is 4.62. The average molecular weight is 291 g/mol. The number of hydrogen-bond acceptors (Lipinski definition) is 4. The monoisotopic (exact) mass is 291 g/mol. The lowest BCUT2D eigenvalue weighted by Gasteiger charge is -2.43. The van der Waals surface area contributed by atoms with Crippen molar-refractivity contribution in [3.05, 3.63) is 18.3 Å². The summed E-state index contributed by atoms with van der Waals surface area (Å²) in [7, 11) is 0. The van der Waals surface area contributed by atoms with E-state index in [0.29, 0.717) is 12.6 Å². The standard InChI is InChI=1S/C17H29N3O/c1-16(2,3)12-21-14-7-8-15(18-9-14)20-10-13(11-20)19-17(4,5)6/h7-9,13,19H,10-12H2,1-6H3. The number of nitrogens with one attached hydrogen (secondary N) is 1. The molecule has 2 rings (SSSR count). The number of hydrogen-bond donors (Lipinski definition) is 1. The molecule has 2 heterocycles. The van der Waals surface area contributed by atoms with E-state index in [-0.39, 0.29) is 11.0 Å². The molecule has 1 aliphatic heterocycles. The molecule has 0 aliphatic carbocycles. The molecule has 0 atom stereocenters. The van der Waals surface area contributed by atoms with Crippen LogP contribution in [0.2, 0.25) is 0 Å². The van der Waals surface area contributed by atoms with Crippen molar-refractivity contribution in [3.8, 4) is 5.75 Å². The third kappa shape index (κ3) is 5.20. The molecule has 0 spiro atoms. The van der Waals surface area contributed by atoms with Crippen LogP contribution in [0.1, 0.15) is 41.5 Å². The lowest BCUT2D eigenvalue weighted by atomic mass is 9.99. The number of rotatable bonds is 4. The highest BCUT2D eigenvalue weighted by atomic mass is 16.5. The van der Waals surface area contributed by atoms with E-state index in [9.17, 15) is 0 Å². The molecule has 1 aromatic rings. The molecule has 0 radical (unpaired) electrons. The first kappa shape index (κ1) is 16.1. The molecule has 1 N–H and O–H groups in total. The Morgan fingerprint density at radius 1 is 1.19 bits per heavy atom. The lowest BCUT2D eigenvalue weighted by molar-refractivity contribution is 0.197. The summed E-state index contributed by atoms with van der Waals surface area (Å²) in [6.45, 7) is 15.8. The van der Waals surface area contributed by atoms with Gasteiger partial charge in [-0.2, -0.15) is 0 Å². The van der Waals surface area contributed by atoms with Crippen LogP contribution < -0.4 is 15.0 Å². The molecular formula is C17H29N3O. The minimum Gasteiger partial charge on any atom is -0.491 e. The van der Waals surface area contributed by atoms with E-state index in [0.717, 1.165) is 24.7 Å². The molecule has 1 aromatic heterocycles. The quantitative estimate of drug-likeness (QED) is 0.925. The van der Waals surface area contributed by atoms with Gasteiger partial charge < -0.3 is 15.0 Å². The van der Waals surface area contributed by atoms with Crippen LogP contribution in [0.3, 0.4) is 0 Å². The Kier molecular flexibility index (Phi) is 4.47. The maximum Gasteiger partial charge on any atom is 0.137 e. The van der Waals surface area contributed by atoms with Crippen LogP contribution in [-0.2, 0) is 0 Å². The average Bonchev–Trinajstić information content (AvgIpc) is 2.29. The summed E-state index contributed by atoms with van der Waals surface area (Å²) in [5.41, 5.74) is 0.344. The van der Waals surface area contributed by atoms with E-state index in [4.69, 9.17) is 4.74 Å². The zero-order chi connectivity index (χ0) is 15.7. The first-order valence-electron chi connectivity index (χ1n) is 7.74. The number of anilines is 1. The van der Waals surface area contributed by atoms with Crippen LogP contribution in [0.5, 0.6) is 5.75 Å². The van der Waals surface area contributed by atoms with Gasteiger partial charge in [-0.3, -0.25) is 0 Å². The van der Waals surface area contributed by atoms with Crippen LogP contribution >= 0.6 is 0 Å². The number of pyridine rings is 1. The zero-order valence-electron chi connectivity index (χ0n) is 14.2. The molecule has 0 aromatic carbocycles. The van der Waals surface area contributed by atoms with Crippen LogP contribution in [0, 0.1) is 5.41 Å². The molecule has 1 saturated heterocycles. The van der Waals surface area contributed by atoms with Gasteiger partial charge in [0.15, 0.2) is 0 Å². The molecule has 21 heavy (non-hydrogen) atoms. The van der Waals surface area contributed by atoms with Gasteiger partial charge in [0.1, 0.15) is 11.6 Å². The Hall–Kier alpha value is -1.29. The Morgan fingerprint density at radius 2 is 1.86 bits per heavy atom. The van der Waals surface area contributed by atoms with E-state index < -0.39 is 0 Å². The fraction of sp³-hybridized carbons (Fsp3) is 0.706. The SMILES string of the molecule is CC(C)(C)COc1ccc(N2CC(NC(C)(C)C)C2)nc1. The third-order valence-corrected chi connectivity index (χ3v) is 3.24. The topological polar surface area (TPSA) is 37.4 Å². The fourth-order valence-corrected chi connectivity index (χ4v) is 2.31. The summed E-state index contributed by atoms with van der Waals surface area (Å²) in [5.74, 6) is 1.88. The highest BCUT2D eigenvalue weighted by Gasteiger charge is 2.30. The predicted molar refractivity (Wildman–Crippen MR) is 88.1 cm³/mol. The van der Waals surface area contributed by atoms with Gasteiger partial charge >= 0.3 is 0 Å². The Bertz CT molecular complexity index is 450. The largest absolute Gasteiger partial charge is 0.491 e. The van der Waals surface area contributed by atoms with Gasteiger partial charge in [0.05, 0.1) is 12.8 Å². The van der Waals surface area contributed by atoms with Crippen molar-refractivity contribution < 1.29 is 4.74 Å². The van der Waals surface area contributed by atoms with Crippen LogP contribution in [0.25, 0.3) is 0 Å². The summed E-state index contributed by atoms with van der Waals surface area (Å²) in [5, 5.41) is 3.61. The maximum absolute atomic E-state index is 5.75. The highest BCUT2D eigenvalue weighted by molar-refractivity contribution is 5.44. The van der Waals surface area contributed by atoms with Gasteiger partial charge in [0.25, 0.3) is 0 Å². The van der Waals surface area contributed by atoms with Gasteiger partial charge in [-0.1, -0.05) is 20.8 Å². The second-order valence-electron chi connectivity index (χ2n) is 8.20. The molecular weight excluding hydrogens is 262 g/mol. The van der Waals surface area contributed by atoms with Gasteiger partial charge in [-0.25, -0.2) is 4.98 Å². The minimum absolute atomic E-state index is 0.169. The first-order valence-corrected chi connectivity index (χ1v) is 7.74. The molecule has 0 saturated carbocycles. The van der Waals surface area contributed by atoms with E-state index in [1.807, 2.05) is 18.3 Å². The summed E-state index contributed by atoms with van der Waals surface area (Å²) in [4.78, 5) is 6.79. The minimum atomic E-state index is 0.169. The van der Waals surface area contributed by atoms with Crippen molar-refractivity contribution >= 4 is 5.82 Å².